The Morgan fingerprint density at radius 3 is 2.19 bits per heavy atom. The molecule has 1 aliphatic heterocycles. The Balaban J connectivity index is 0.000000286. The van der Waals surface area contributed by atoms with Gasteiger partial charge in [0, 0.05) is 17.6 Å². The van der Waals surface area contributed by atoms with E-state index in [9.17, 15) is 9.59 Å². The normalized spacial score (nSPS) is 20.6. The zero-order valence-electron chi connectivity index (χ0n) is 22.5. The molecule has 196 valence electrons. The van der Waals surface area contributed by atoms with E-state index in [4.69, 9.17) is 5.10 Å². The van der Waals surface area contributed by atoms with Gasteiger partial charge in [0.15, 0.2) is 0 Å². The number of hydrogen-bond donors (Lipinski definition) is 1. The van der Waals surface area contributed by atoms with Gasteiger partial charge in [0.25, 0.3) is 5.91 Å². The Hall–Kier alpha value is -2.63. The summed E-state index contributed by atoms with van der Waals surface area (Å²) in [5, 5.41) is 7.59. The second-order valence-corrected chi connectivity index (χ2v) is 11.4. The van der Waals surface area contributed by atoms with Crippen molar-refractivity contribution < 1.29 is 9.59 Å². The molecular weight excluding hydrogens is 448 g/mol. The average Bonchev–Trinajstić information content (AvgIpc) is 3.12. The van der Waals surface area contributed by atoms with Crippen molar-refractivity contribution >= 4 is 12.3 Å². The molecule has 2 aliphatic carbocycles. The minimum Gasteiger partial charge on any atom is -0.356 e. The van der Waals surface area contributed by atoms with Gasteiger partial charge >= 0.3 is 0 Å². The van der Waals surface area contributed by atoms with Gasteiger partial charge in [-0.2, -0.15) is 5.10 Å². The van der Waals surface area contributed by atoms with Gasteiger partial charge in [0.05, 0.1) is 17.8 Å². The number of carbonyl (C=O) groups is 2. The SMILES string of the molecule is CCc1ccc(-c2cc3n(n2)CC(C)(C)N(C2CCCCCC2)C3=O)cc1.O=CNC1CCCCC1. The molecule has 36 heavy (non-hydrogen) atoms. The van der Waals surface area contributed by atoms with E-state index in [0.29, 0.717) is 12.1 Å². The van der Waals surface area contributed by atoms with E-state index in [2.05, 4.69) is 55.3 Å². The molecule has 1 aromatic carbocycles. The predicted octanol–water partition coefficient (Wildman–Crippen LogP) is 6.13. The van der Waals surface area contributed by atoms with Crippen molar-refractivity contribution in [1.82, 2.24) is 20.0 Å². The number of aryl methyl sites for hydroxylation is 1. The summed E-state index contributed by atoms with van der Waals surface area (Å²) in [6.07, 6.45) is 15.5. The highest BCUT2D eigenvalue weighted by atomic mass is 16.2. The molecule has 2 fully saturated rings. The van der Waals surface area contributed by atoms with Crippen LogP contribution < -0.4 is 5.32 Å². The molecule has 0 saturated heterocycles. The highest BCUT2D eigenvalue weighted by Crippen LogP contribution is 2.34. The third kappa shape index (κ3) is 6.19. The first-order valence-corrected chi connectivity index (χ1v) is 14.1. The first-order chi connectivity index (χ1) is 17.4. The lowest BCUT2D eigenvalue weighted by molar-refractivity contribution is -0.110. The number of nitrogens with zero attached hydrogens (tertiary/aromatic N) is 3. The molecule has 3 aliphatic rings. The van der Waals surface area contributed by atoms with Crippen LogP contribution in [0.2, 0.25) is 0 Å². The number of carbonyl (C=O) groups excluding carboxylic acids is 2. The molecule has 2 aromatic rings. The van der Waals surface area contributed by atoms with Gasteiger partial charge in [-0.1, -0.05) is 76.1 Å². The Labute approximate surface area is 216 Å². The summed E-state index contributed by atoms with van der Waals surface area (Å²) in [6, 6.07) is 11.4. The van der Waals surface area contributed by atoms with E-state index in [-0.39, 0.29) is 11.4 Å². The lowest BCUT2D eigenvalue weighted by atomic mass is 9.93. The Morgan fingerprint density at radius 2 is 1.58 bits per heavy atom. The van der Waals surface area contributed by atoms with Crippen LogP contribution >= 0.6 is 0 Å². The summed E-state index contributed by atoms with van der Waals surface area (Å²) in [5.41, 5.74) is 3.85. The highest BCUT2D eigenvalue weighted by molar-refractivity contribution is 5.95. The molecule has 2 amide bonds. The van der Waals surface area contributed by atoms with Crippen LogP contribution in [0.15, 0.2) is 30.3 Å². The minimum atomic E-state index is -0.200. The average molecular weight is 493 g/mol. The van der Waals surface area contributed by atoms with Crippen LogP contribution in [0.4, 0.5) is 0 Å². The molecule has 0 spiro atoms. The number of rotatable bonds is 5. The van der Waals surface area contributed by atoms with E-state index in [1.807, 2.05) is 10.7 Å². The fourth-order valence-electron chi connectivity index (χ4n) is 6.14. The second-order valence-electron chi connectivity index (χ2n) is 11.4. The minimum absolute atomic E-state index is 0.155. The molecule has 5 rings (SSSR count). The fourth-order valence-corrected chi connectivity index (χ4v) is 6.14. The van der Waals surface area contributed by atoms with Crippen LogP contribution in [0.25, 0.3) is 11.3 Å². The lowest BCUT2D eigenvalue weighted by Gasteiger charge is -2.46. The second kappa shape index (κ2) is 12.1. The third-order valence-electron chi connectivity index (χ3n) is 8.16. The summed E-state index contributed by atoms with van der Waals surface area (Å²) < 4.78 is 1.93. The van der Waals surface area contributed by atoms with Gasteiger partial charge in [0.2, 0.25) is 6.41 Å². The molecule has 0 bridgehead atoms. The molecular formula is C30H44N4O2. The predicted molar refractivity (Wildman–Crippen MR) is 145 cm³/mol. The Morgan fingerprint density at radius 1 is 0.972 bits per heavy atom. The van der Waals surface area contributed by atoms with Crippen LogP contribution in [0, 0.1) is 0 Å². The number of aromatic nitrogens is 2. The summed E-state index contributed by atoms with van der Waals surface area (Å²) in [7, 11) is 0. The number of nitrogens with one attached hydrogen (secondary N) is 1. The van der Waals surface area contributed by atoms with Gasteiger partial charge in [-0.25, -0.2) is 0 Å². The van der Waals surface area contributed by atoms with Crippen LogP contribution in [0.1, 0.15) is 107 Å². The van der Waals surface area contributed by atoms with Crippen molar-refractivity contribution in [1.29, 1.82) is 0 Å². The van der Waals surface area contributed by atoms with Gasteiger partial charge in [-0.3, -0.25) is 14.3 Å². The van der Waals surface area contributed by atoms with Gasteiger partial charge in [0.1, 0.15) is 5.69 Å². The molecule has 2 saturated carbocycles. The van der Waals surface area contributed by atoms with E-state index < -0.39 is 0 Å². The first kappa shape index (κ1) is 26.4. The number of fused-ring (bicyclic) bond motifs is 1. The standard InChI is InChI=1S/C23H31N3O.C7H13NO/c1-4-17-11-13-18(14-12-17)20-15-21-22(27)26(19-9-7-5-6-8-10-19)23(2,3)16-25(21)24-20;9-6-8-7-4-2-1-3-5-7/h11-15,19H,4-10,16H2,1-3H3;6-7H,1-5H2,(H,8,9). The van der Waals surface area contributed by atoms with Crippen molar-refractivity contribution in [2.24, 2.45) is 0 Å². The van der Waals surface area contributed by atoms with Gasteiger partial charge < -0.3 is 10.2 Å². The zero-order valence-corrected chi connectivity index (χ0v) is 22.5. The molecule has 6 heteroatoms. The van der Waals surface area contributed by atoms with Crippen molar-refractivity contribution in [3.05, 3.63) is 41.6 Å². The lowest BCUT2D eigenvalue weighted by Crippen LogP contribution is -2.58. The quantitative estimate of drug-likeness (QED) is 0.403. The molecule has 6 nitrogen and oxygen atoms in total. The molecule has 2 heterocycles. The largest absolute Gasteiger partial charge is 0.356 e. The van der Waals surface area contributed by atoms with Gasteiger partial charge in [-0.05, 0) is 57.6 Å². The van der Waals surface area contributed by atoms with E-state index >= 15 is 0 Å². The highest BCUT2D eigenvalue weighted by Gasteiger charge is 2.43. The van der Waals surface area contributed by atoms with Crippen molar-refractivity contribution in [3.8, 4) is 11.3 Å². The fraction of sp³-hybridized carbons (Fsp3) is 0.633. The van der Waals surface area contributed by atoms with Crippen molar-refractivity contribution in [3.63, 3.8) is 0 Å². The summed E-state index contributed by atoms with van der Waals surface area (Å²) in [4.78, 5) is 25.6. The summed E-state index contributed by atoms with van der Waals surface area (Å²) >= 11 is 0. The Kier molecular flexibility index (Phi) is 8.86. The van der Waals surface area contributed by atoms with E-state index in [1.54, 1.807) is 0 Å². The molecule has 0 unspecified atom stereocenters. The van der Waals surface area contributed by atoms with Crippen LogP contribution in [-0.2, 0) is 17.8 Å². The smallest absolute Gasteiger partial charge is 0.272 e. The Bertz CT molecular complexity index is 996. The van der Waals surface area contributed by atoms with Crippen molar-refractivity contribution in [2.75, 3.05) is 0 Å². The zero-order chi connectivity index (χ0) is 25.5. The van der Waals surface area contributed by atoms with Crippen LogP contribution in [0.5, 0.6) is 0 Å². The van der Waals surface area contributed by atoms with E-state index in [0.717, 1.165) is 49.2 Å². The summed E-state index contributed by atoms with van der Waals surface area (Å²) in [5.74, 6) is 0.155. The van der Waals surface area contributed by atoms with Crippen molar-refractivity contribution in [2.45, 2.75) is 122 Å². The summed E-state index contributed by atoms with van der Waals surface area (Å²) in [6.45, 7) is 7.30. The van der Waals surface area contributed by atoms with Gasteiger partial charge in [-0.15, -0.1) is 0 Å². The molecule has 1 aromatic heterocycles. The number of amides is 2. The van der Waals surface area contributed by atoms with E-state index in [1.165, 1.54) is 63.4 Å². The van der Waals surface area contributed by atoms with Crippen LogP contribution in [0.3, 0.4) is 0 Å². The third-order valence-corrected chi connectivity index (χ3v) is 8.16. The number of hydrogen-bond acceptors (Lipinski definition) is 3. The first-order valence-electron chi connectivity index (χ1n) is 14.1. The molecule has 0 radical (unpaired) electrons. The topological polar surface area (TPSA) is 67.2 Å². The van der Waals surface area contributed by atoms with Crippen LogP contribution in [-0.4, -0.2) is 44.6 Å². The maximum Gasteiger partial charge on any atom is 0.272 e. The monoisotopic (exact) mass is 492 g/mol. The molecule has 0 atom stereocenters. The maximum atomic E-state index is 13.5. The molecule has 1 N–H and O–H groups in total. The maximum absolute atomic E-state index is 13.5. The number of benzene rings is 1.